The molecule has 2 aromatic rings. The number of nitrogens with one attached hydrogen (secondary N) is 1. The third-order valence-electron chi connectivity index (χ3n) is 3.04. The lowest BCUT2D eigenvalue weighted by atomic mass is 10.1. The second-order valence-electron chi connectivity index (χ2n) is 4.61. The number of para-hydroxylation sites is 1. The van der Waals surface area contributed by atoms with E-state index in [0.29, 0.717) is 11.8 Å². The number of nitrogens with zero attached hydrogens (tertiary/aromatic N) is 1. The Morgan fingerprint density at radius 1 is 1.35 bits per heavy atom. The molecule has 0 saturated carbocycles. The van der Waals surface area contributed by atoms with E-state index in [2.05, 4.69) is 42.9 Å². The lowest BCUT2D eigenvalue weighted by Gasteiger charge is -2.09. The fourth-order valence-corrected chi connectivity index (χ4v) is 2.17. The minimum absolute atomic E-state index is 0.348. The standard InChI is InChI=1S/C14H20N2O/c1-4-15-8-11-9-16(10(2)3)14-12(11)6-5-7-13(14)17/h5-7,9-10,15,17H,4,8H2,1-3H3. The van der Waals surface area contributed by atoms with Gasteiger partial charge in [-0.25, -0.2) is 0 Å². The van der Waals surface area contributed by atoms with E-state index >= 15 is 0 Å². The largest absolute Gasteiger partial charge is 0.506 e. The van der Waals surface area contributed by atoms with Gasteiger partial charge in [-0.2, -0.15) is 0 Å². The highest BCUT2D eigenvalue weighted by Gasteiger charge is 2.12. The minimum Gasteiger partial charge on any atom is -0.506 e. The number of benzene rings is 1. The number of hydrogen-bond donors (Lipinski definition) is 2. The Kier molecular flexibility index (Phi) is 3.38. The topological polar surface area (TPSA) is 37.2 Å². The average molecular weight is 232 g/mol. The lowest BCUT2D eigenvalue weighted by molar-refractivity contribution is 0.475. The van der Waals surface area contributed by atoms with Gasteiger partial charge in [0.1, 0.15) is 5.75 Å². The third kappa shape index (κ3) is 2.15. The van der Waals surface area contributed by atoms with Crippen molar-refractivity contribution in [3.8, 4) is 5.75 Å². The summed E-state index contributed by atoms with van der Waals surface area (Å²) in [5.74, 6) is 0.360. The van der Waals surface area contributed by atoms with E-state index < -0.39 is 0 Å². The highest BCUT2D eigenvalue weighted by atomic mass is 16.3. The van der Waals surface area contributed by atoms with Gasteiger partial charge in [-0.3, -0.25) is 0 Å². The molecule has 0 aliphatic heterocycles. The monoisotopic (exact) mass is 232 g/mol. The molecule has 0 radical (unpaired) electrons. The zero-order valence-corrected chi connectivity index (χ0v) is 10.7. The van der Waals surface area contributed by atoms with E-state index in [9.17, 15) is 5.11 Å². The second kappa shape index (κ2) is 4.80. The summed E-state index contributed by atoms with van der Waals surface area (Å²) in [6.07, 6.45) is 2.14. The van der Waals surface area contributed by atoms with Crippen LogP contribution in [0.5, 0.6) is 5.75 Å². The van der Waals surface area contributed by atoms with Crippen LogP contribution in [0, 0.1) is 0 Å². The number of aromatic nitrogens is 1. The zero-order chi connectivity index (χ0) is 12.4. The van der Waals surface area contributed by atoms with Crippen LogP contribution < -0.4 is 5.32 Å². The Morgan fingerprint density at radius 3 is 2.76 bits per heavy atom. The normalized spacial score (nSPS) is 11.5. The summed E-state index contributed by atoms with van der Waals surface area (Å²) >= 11 is 0. The van der Waals surface area contributed by atoms with Crippen molar-refractivity contribution >= 4 is 10.9 Å². The fourth-order valence-electron chi connectivity index (χ4n) is 2.17. The molecule has 1 aromatic carbocycles. The second-order valence-corrected chi connectivity index (χ2v) is 4.61. The first-order chi connectivity index (χ1) is 8.15. The van der Waals surface area contributed by atoms with E-state index in [1.54, 1.807) is 6.07 Å². The van der Waals surface area contributed by atoms with Crippen molar-refractivity contribution in [2.45, 2.75) is 33.4 Å². The van der Waals surface area contributed by atoms with Crippen LogP contribution >= 0.6 is 0 Å². The molecule has 0 aliphatic carbocycles. The van der Waals surface area contributed by atoms with Gasteiger partial charge in [0.05, 0.1) is 5.52 Å². The summed E-state index contributed by atoms with van der Waals surface area (Å²) in [6.45, 7) is 8.15. The third-order valence-corrected chi connectivity index (χ3v) is 3.04. The summed E-state index contributed by atoms with van der Waals surface area (Å²) in [5, 5.41) is 14.5. The lowest BCUT2D eigenvalue weighted by Crippen LogP contribution is -2.11. The van der Waals surface area contributed by atoms with Crippen LogP contribution in [0.3, 0.4) is 0 Å². The van der Waals surface area contributed by atoms with Gasteiger partial charge in [-0.05, 0) is 32.0 Å². The summed E-state index contributed by atoms with van der Waals surface area (Å²) in [4.78, 5) is 0. The van der Waals surface area contributed by atoms with Gasteiger partial charge in [-0.1, -0.05) is 19.1 Å². The molecule has 0 amide bonds. The fraction of sp³-hybridized carbons (Fsp3) is 0.429. The van der Waals surface area contributed by atoms with E-state index in [1.807, 2.05) is 6.07 Å². The Balaban J connectivity index is 2.58. The molecular formula is C14H20N2O. The van der Waals surface area contributed by atoms with E-state index in [4.69, 9.17) is 0 Å². The van der Waals surface area contributed by atoms with Gasteiger partial charge in [0, 0.05) is 24.2 Å². The zero-order valence-electron chi connectivity index (χ0n) is 10.7. The quantitative estimate of drug-likeness (QED) is 0.850. The molecule has 0 fully saturated rings. The smallest absolute Gasteiger partial charge is 0.139 e. The van der Waals surface area contributed by atoms with Gasteiger partial charge in [0.15, 0.2) is 0 Å². The van der Waals surface area contributed by atoms with Gasteiger partial charge in [0.2, 0.25) is 0 Å². The van der Waals surface area contributed by atoms with Crippen molar-refractivity contribution in [3.05, 3.63) is 30.0 Å². The minimum atomic E-state index is 0.348. The first-order valence-corrected chi connectivity index (χ1v) is 6.17. The highest BCUT2D eigenvalue weighted by molar-refractivity contribution is 5.89. The number of phenols is 1. The van der Waals surface area contributed by atoms with Gasteiger partial charge < -0.3 is 15.0 Å². The predicted octanol–water partition coefficient (Wildman–Crippen LogP) is 3.04. The molecule has 17 heavy (non-hydrogen) atoms. The van der Waals surface area contributed by atoms with E-state index in [1.165, 1.54) is 5.56 Å². The maximum absolute atomic E-state index is 10.00. The number of hydrogen-bond acceptors (Lipinski definition) is 2. The van der Waals surface area contributed by atoms with Crippen molar-refractivity contribution in [1.29, 1.82) is 0 Å². The number of rotatable bonds is 4. The maximum Gasteiger partial charge on any atom is 0.139 e. The molecule has 0 atom stereocenters. The van der Waals surface area contributed by atoms with Crippen molar-refractivity contribution in [1.82, 2.24) is 9.88 Å². The highest BCUT2D eigenvalue weighted by Crippen LogP contribution is 2.31. The summed E-state index contributed by atoms with van der Waals surface area (Å²) < 4.78 is 2.14. The molecular weight excluding hydrogens is 212 g/mol. The maximum atomic E-state index is 10.00. The van der Waals surface area contributed by atoms with Crippen molar-refractivity contribution in [2.75, 3.05) is 6.54 Å². The van der Waals surface area contributed by atoms with Gasteiger partial charge in [-0.15, -0.1) is 0 Å². The van der Waals surface area contributed by atoms with Crippen LogP contribution in [0.1, 0.15) is 32.4 Å². The van der Waals surface area contributed by atoms with Gasteiger partial charge in [0.25, 0.3) is 0 Å². The SMILES string of the molecule is CCNCc1cn(C(C)C)c2c(O)cccc12. The number of phenolic OH excluding ortho intramolecular Hbond substituents is 1. The predicted molar refractivity (Wildman–Crippen MR) is 71.4 cm³/mol. The Bertz CT molecular complexity index is 514. The molecule has 2 rings (SSSR count). The number of fused-ring (bicyclic) bond motifs is 1. The van der Waals surface area contributed by atoms with Crippen LogP contribution in [0.4, 0.5) is 0 Å². The summed E-state index contributed by atoms with van der Waals surface area (Å²) in [6, 6.07) is 6.07. The molecule has 3 nitrogen and oxygen atoms in total. The first-order valence-electron chi connectivity index (χ1n) is 6.17. The van der Waals surface area contributed by atoms with Crippen LogP contribution in [0.25, 0.3) is 10.9 Å². The molecule has 1 heterocycles. The Morgan fingerprint density at radius 2 is 2.12 bits per heavy atom. The molecule has 0 aliphatic rings. The Hall–Kier alpha value is -1.48. The van der Waals surface area contributed by atoms with E-state index in [0.717, 1.165) is 24.0 Å². The van der Waals surface area contributed by atoms with Crippen molar-refractivity contribution in [2.24, 2.45) is 0 Å². The number of aromatic hydroxyl groups is 1. The summed E-state index contributed by atoms with van der Waals surface area (Å²) in [5.41, 5.74) is 2.18. The van der Waals surface area contributed by atoms with Crippen molar-refractivity contribution in [3.63, 3.8) is 0 Å². The molecule has 92 valence electrons. The Labute approximate surface area is 102 Å². The van der Waals surface area contributed by atoms with Crippen LogP contribution in [0.15, 0.2) is 24.4 Å². The van der Waals surface area contributed by atoms with Crippen LogP contribution in [-0.2, 0) is 6.54 Å². The first kappa shape index (κ1) is 12.0. The van der Waals surface area contributed by atoms with Gasteiger partial charge >= 0.3 is 0 Å². The van der Waals surface area contributed by atoms with E-state index in [-0.39, 0.29) is 0 Å². The summed E-state index contributed by atoms with van der Waals surface area (Å²) in [7, 11) is 0. The molecule has 0 spiro atoms. The molecule has 1 aromatic heterocycles. The average Bonchev–Trinajstić information content (AvgIpc) is 2.67. The van der Waals surface area contributed by atoms with Crippen LogP contribution in [0.2, 0.25) is 0 Å². The molecule has 0 unspecified atom stereocenters. The molecule has 2 N–H and O–H groups in total. The molecule has 0 saturated heterocycles. The van der Waals surface area contributed by atoms with Crippen LogP contribution in [-0.4, -0.2) is 16.2 Å². The molecule has 3 heteroatoms. The molecule has 0 bridgehead atoms. The van der Waals surface area contributed by atoms with Crippen molar-refractivity contribution < 1.29 is 5.11 Å².